The summed E-state index contributed by atoms with van der Waals surface area (Å²) in [4.78, 5) is 36.0. The maximum Gasteiger partial charge on any atom is 0.387 e. The molecule has 0 bridgehead atoms. The van der Waals surface area contributed by atoms with Crippen molar-refractivity contribution in [1.82, 2.24) is 19.7 Å². The lowest BCUT2D eigenvalue weighted by molar-refractivity contribution is -0.133. The van der Waals surface area contributed by atoms with Crippen LogP contribution >= 0.6 is 0 Å². The number of ether oxygens (including phenoxy) is 1. The Labute approximate surface area is 219 Å². The van der Waals surface area contributed by atoms with Crippen LogP contribution in [0.2, 0.25) is 0 Å². The first-order valence-corrected chi connectivity index (χ1v) is 12.5. The average Bonchev–Trinajstić information content (AvgIpc) is 3.30. The highest BCUT2D eigenvalue weighted by Crippen LogP contribution is 2.49. The van der Waals surface area contributed by atoms with E-state index in [2.05, 4.69) is 21.2 Å². The Hall–Kier alpha value is -3.92. The topological polar surface area (TPSA) is 89.1 Å². The lowest BCUT2D eigenvalue weighted by atomic mass is 9.81. The first-order valence-electron chi connectivity index (χ1n) is 12.5. The van der Waals surface area contributed by atoms with Crippen LogP contribution in [0.25, 0.3) is 10.9 Å². The zero-order chi connectivity index (χ0) is 27.2. The number of amides is 3. The number of urea groups is 1. The van der Waals surface area contributed by atoms with Gasteiger partial charge in [0.25, 0.3) is 5.91 Å². The highest BCUT2D eigenvalue weighted by atomic mass is 19.3. The molecule has 1 saturated heterocycles. The van der Waals surface area contributed by atoms with Crippen molar-refractivity contribution in [1.29, 1.82) is 0 Å². The van der Waals surface area contributed by atoms with Crippen molar-refractivity contribution < 1.29 is 28.2 Å². The van der Waals surface area contributed by atoms with E-state index in [0.717, 1.165) is 5.56 Å². The minimum Gasteiger partial charge on any atom is -0.508 e. The number of hydrogen-bond donors (Lipinski definition) is 2. The maximum atomic E-state index is 13.8. The Kier molecular flexibility index (Phi) is 6.60. The van der Waals surface area contributed by atoms with E-state index < -0.39 is 24.2 Å². The Morgan fingerprint density at radius 3 is 2.79 bits per heavy atom. The summed E-state index contributed by atoms with van der Waals surface area (Å²) in [6.45, 7) is 4.16. The van der Waals surface area contributed by atoms with Gasteiger partial charge < -0.3 is 19.7 Å². The van der Waals surface area contributed by atoms with E-state index in [1.165, 1.54) is 23.1 Å². The maximum absolute atomic E-state index is 13.8. The molecule has 1 fully saturated rings. The number of aromatic amines is 1. The van der Waals surface area contributed by atoms with Gasteiger partial charge in [-0.15, -0.1) is 6.58 Å². The Balaban J connectivity index is 1.59. The van der Waals surface area contributed by atoms with Gasteiger partial charge in [0.1, 0.15) is 23.1 Å². The number of rotatable bonds is 9. The number of aromatic nitrogens is 1. The van der Waals surface area contributed by atoms with E-state index in [4.69, 9.17) is 0 Å². The molecule has 3 heterocycles. The minimum absolute atomic E-state index is 0.00915. The van der Waals surface area contributed by atoms with Gasteiger partial charge in [-0.05, 0) is 68.4 Å². The van der Waals surface area contributed by atoms with Crippen LogP contribution in [-0.2, 0) is 11.2 Å². The predicted molar refractivity (Wildman–Crippen MR) is 138 cm³/mol. The van der Waals surface area contributed by atoms with Gasteiger partial charge in [-0.2, -0.15) is 8.78 Å². The van der Waals surface area contributed by atoms with E-state index in [0.29, 0.717) is 41.7 Å². The molecule has 2 atom stereocenters. The predicted octanol–water partition coefficient (Wildman–Crippen LogP) is 4.65. The molecule has 2 aliphatic rings. The summed E-state index contributed by atoms with van der Waals surface area (Å²) in [5, 5.41) is 10.9. The summed E-state index contributed by atoms with van der Waals surface area (Å²) >= 11 is 0. The minimum atomic E-state index is -2.97. The summed E-state index contributed by atoms with van der Waals surface area (Å²) in [7, 11) is 1.95. The van der Waals surface area contributed by atoms with Crippen molar-refractivity contribution in [3.05, 3.63) is 71.9 Å². The smallest absolute Gasteiger partial charge is 0.387 e. The van der Waals surface area contributed by atoms with Gasteiger partial charge in [-0.25, -0.2) is 4.79 Å². The molecule has 1 aromatic heterocycles. The third-order valence-corrected chi connectivity index (χ3v) is 7.41. The Morgan fingerprint density at radius 1 is 1.29 bits per heavy atom. The molecule has 0 radical (unpaired) electrons. The molecule has 0 aliphatic carbocycles. The molecule has 200 valence electrons. The number of carbonyl (C=O) groups is 2. The molecule has 8 nitrogen and oxygen atoms in total. The number of benzene rings is 2. The standard InChI is InChI=1S/C28H30F2N4O4/c1-4-11-32(3)12-6-13-33-25(36)28(2)16-21-20-15-19(38-26(29)30)9-10-22(20)31-23(21)24(34(28)27(33)37)17-7-5-8-18(35)14-17/h4-5,7-10,14-15,24,26,31,35H,1,6,11-13,16H2,2-3H3. The lowest BCUT2D eigenvalue weighted by Gasteiger charge is -2.42. The fraction of sp³-hybridized carbons (Fsp3) is 0.357. The van der Waals surface area contributed by atoms with Crippen molar-refractivity contribution in [3.8, 4) is 11.5 Å². The van der Waals surface area contributed by atoms with E-state index in [1.54, 1.807) is 42.2 Å². The van der Waals surface area contributed by atoms with Gasteiger partial charge >= 0.3 is 12.6 Å². The monoisotopic (exact) mass is 524 g/mol. The molecule has 2 N–H and O–H groups in total. The molecule has 0 saturated carbocycles. The van der Waals surface area contributed by atoms with Crippen LogP contribution in [0.5, 0.6) is 11.5 Å². The van der Waals surface area contributed by atoms with E-state index >= 15 is 0 Å². The van der Waals surface area contributed by atoms with Crippen LogP contribution < -0.4 is 4.74 Å². The van der Waals surface area contributed by atoms with Crippen LogP contribution in [0.1, 0.15) is 36.2 Å². The quantitative estimate of drug-likeness (QED) is 0.314. The fourth-order valence-electron chi connectivity index (χ4n) is 5.72. The van der Waals surface area contributed by atoms with E-state index in [-0.39, 0.29) is 30.4 Å². The molecule has 5 rings (SSSR count). The number of hydrogen-bond acceptors (Lipinski definition) is 5. The molecule has 2 aliphatic heterocycles. The molecule has 3 aromatic rings. The van der Waals surface area contributed by atoms with Gasteiger partial charge in [0.15, 0.2) is 0 Å². The SMILES string of the molecule is C=CCN(C)CCCN1C(=O)N2C(c3cccc(O)c3)c3[nH]c4ccc(OC(F)F)cc4c3CC2(C)C1=O. The Morgan fingerprint density at radius 2 is 2.08 bits per heavy atom. The van der Waals surface area contributed by atoms with Crippen LogP contribution in [0.4, 0.5) is 13.6 Å². The van der Waals surface area contributed by atoms with Gasteiger partial charge in [-0.1, -0.05) is 18.2 Å². The molecule has 38 heavy (non-hydrogen) atoms. The number of H-pyrrole nitrogens is 1. The molecular formula is C28H30F2N4O4. The molecule has 3 amide bonds. The van der Waals surface area contributed by atoms with Gasteiger partial charge in [-0.3, -0.25) is 14.6 Å². The Bertz CT molecular complexity index is 1410. The van der Waals surface area contributed by atoms with Gasteiger partial charge in [0, 0.05) is 36.1 Å². The molecule has 2 aromatic carbocycles. The summed E-state index contributed by atoms with van der Waals surface area (Å²) in [5.74, 6) is -0.269. The summed E-state index contributed by atoms with van der Waals surface area (Å²) < 4.78 is 30.5. The zero-order valence-electron chi connectivity index (χ0n) is 21.3. The highest BCUT2D eigenvalue weighted by molar-refractivity contribution is 6.08. The second kappa shape index (κ2) is 9.75. The van der Waals surface area contributed by atoms with Gasteiger partial charge in [0.05, 0.1) is 0 Å². The molecule has 2 unspecified atom stereocenters. The van der Waals surface area contributed by atoms with Crippen molar-refractivity contribution in [2.75, 3.05) is 26.7 Å². The van der Waals surface area contributed by atoms with Crippen molar-refractivity contribution >= 4 is 22.8 Å². The number of nitrogens with one attached hydrogen (secondary N) is 1. The van der Waals surface area contributed by atoms with Crippen LogP contribution in [0, 0.1) is 0 Å². The van der Waals surface area contributed by atoms with Crippen molar-refractivity contribution in [2.45, 2.75) is 38.0 Å². The van der Waals surface area contributed by atoms with Crippen molar-refractivity contribution in [2.24, 2.45) is 0 Å². The largest absolute Gasteiger partial charge is 0.508 e. The third-order valence-electron chi connectivity index (χ3n) is 7.41. The van der Waals surface area contributed by atoms with Crippen LogP contribution in [0.15, 0.2) is 55.1 Å². The molecular weight excluding hydrogens is 494 g/mol. The zero-order valence-corrected chi connectivity index (χ0v) is 21.3. The number of carbonyl (C=O) groups excluding carboxylic acids is 2. The van der Waals surface area contributed by atoms with E-state index in [9.17, 15) is 23.5 Å². The second-order valence-corrected chi connectivity index (χ2v) is 10.1. The summed E-state index contributed by atoms with van der Waals surface area (Å²) in [6.07, 6.45) is 2.60. The second-order valence-electron chi connectivity index (χ2n) is 10.1. The number of aromatic hydroxyl groups is 1. The number of halogens is 2. The highest BCUT2D eigenvalue weighted by Gasteiger charge is 2.60. The molecule has 10 heteroatoms. The first-order chi connectivity index (χ1) is 18.1. The van der Waals surface area contributed by atoms with Gasteiger partial charge in [0.2, 0.25) is 0 Å². The van der Waals surface area contributed by atoms with Crippen molar-refractivity contribution in [3.63, 3.8) is 0 Å². The third kappa shape index (κ3) is 4.28. The number of alkyl halides is 2. The fourth-order valence-corrected chi connectivity index (χ4v) is 5.72. The average molecular weight is 525 g/mol. The number of fused-ring (bicyclic) bond motifs is 4. The van der Waals surface area contributed by atoms with Crippen LogP contribution in [-0.4, -0.2) is 75.6 Å². The first kappa shape index (κ1) is 25.7. The van der Waals surface area contributed by atoms with E-state index in [1.807, 2.05) is 7.05 Å². The number of imide groups is 1. The number of nitrogens with zero attached hydrogens (tertiary/aromatic N) is 3. The number of phenols is 1. The normalized spacial score (nSPS) is 20.9. The lowest BCUT2D eigenvalue weighted by Crippen LogP contribution is -2.53. The van der Waals surface area contributed by atoms with Crippen LogP contribution in [0.3, 0.4) is 0 Å². The molecule has 0 spiro atoms. The summed E-state index contributed by atoms with van der Waals surface area (Å²) in [5.41, 5.74) is 1.52. The number of likely N-dealkylation sites (N-methyl/N-ethyl adjacent to an activating group) is 1. The number of phenolic OH excluding ortho intramolecular Hbond substituents is 1. The summed E-state index contributed by atoms with van der Waals surface area (Å²) in [6, 6.07) is 10.1.